The van der Waals surface area contributed by atoms with Crippen molar-refractivity contribution in [1.29, 1.82) is 0 Å². The normalized spacial score (nSPS) is 22.8. The first-order valence-electron chi connectivity index (χ1n) is 6.79. The highest BCUT2D eigenvalue weighted by atomic mass is 14.4. The molecular formula is C19H14. The van der Waals surface area contributed by atoms with Gasteiger partial charge in [0, 0.05) is 11.8 Å². The Balaban J connectivity index is 1.67. The van der Waals surface area contributed by atoms with Gasteiger partial charge in [0.2, 0.25) is 0 Å². The first-order chi connectivity index (χ1) is 9.42. The summed E-state index contributed by atoms with van der Waals surface area (Å²) in [5.41, 5.74) is 5.32. The average molecular weight is 242 g/mol. The van der Waals surface area contributed by atoms with Crippen LogP contribution in [0.5, 0.6) is 0 Å². The molecule has 2 aliphatic carbocycles. The Morgan fingerprint density at radius 3 is 2.26 bits per heavy atom. The average Bonchev–Trinajstić information content (AvgIpc) is 3.28. The molecule has 0 aromatic heterocycles. The molecular weight excluding hydrogens is 228 g/mol. The summed E-state index contributed by atoms with van der Waals surface area (Å²) in [5.74, 6) is 7.76. The fourth-order valence-corrected chi connectivity index (χ4v) is 2.81. The summed E-state index contributed by atoms with van der Waals surface area (Å²) < 4.78 is 0. The quantitative estimate of drug-likeness (QED) is 0.685. The van der Waals surface area contributed by atoms with Gasteiger partial charge < -0.3 is 0 Å². The molecule has 0 bridgehead atoms. The highest BCUT2D eigenvalue weighted by molar-refractivity contribution is 5.76. The Bertz CT molecular complexity index is 693. The third kappa shape index (κ3) is 1.88. The number of rotatable bonds is 2. The molecule has 0 heteroatoms. The zero-order valence-electron chi connectivity index (χ0n) is 10.6. The van der Waals surface area contributed by atoms with Crippen LogP contribution in [0.4, 0.5) is 0 Å². The van der Waals surface area contributed by atoms with E-state index in [9.17, 15) is 0 Å². The highest BCUT2D eigenvalue weighted by Gasteiger charge is 2.40. The van der Waals surface area contributed by atoms with Crippen LogP contribution < -0.4 is 0 Å². The molecule has 2 aromatic carbocycles. The summed E-state index contributed by atoms with van der Waals surface area (Å²) >= 11 is 0. The summed E-state index contributed by atoms with van der Waals surface area (Å²) in [7, 11) is 0. The zero-order valence-corrected chi connectivity index (χ0v) is 10.6. The van der Waals surface area contributed by atoms with E-state index < -0.39 is 0 Å². The van der Waals surface area contributed by atoms with Gasteiger partial charge in [-0.1, -0.05) is 66.4 Å². The van der Waals surface area contributed by atoms with E-state index in [1.54, 1.807) is 0 Å². The van der Waals surface area contributed by atoms with Crippen LogP contribution in [-0.4, -0.2) is 0 Å². The SMILES string of the molecule is C1#CC2CC2C(c2ccc(-c3ccccc3)cc2)=C1. The van der Waals surface area contributed by atoms with E-state index in [1.807, 2.05) is 0 Å². The van der Waals surface area contributed by atoms with Gasteiger partial charge >= 0.3 is 0 Å². The fourth-order valence-electron chi connectivity index (χ4n) is 2.81. The molecule has 1 saturated carbocycles. The Morgan fingerprint density at radius 2 is 1.47 bits per heavy atom. The molecule has 4 rings (SSSR count). The summed E-state index contributed by atoms with van der Waals surface area (Å²) in [5, 5.41) is 0. The van der Waals surface area contributed by atoms with E-state index in [0.717, 1.165) is 0 Å². The predicted molar refractivity (Wildman–Crippen MR) is 79.2 cm³/mol. The molecule has 0 N–H and O–H groups in total. The van der Waals surface area contributed by atoms with Crippen molar-refractivity contribution in [2.45, 2.75) is 6.42 Å². The Kier molecular flexibility index (Phi) is 2.32. The Labute approximate surface area is 113 Å². The number of fused-ring (bicyclic) bond motifs is 1. The van der Waals surface area contributed by atoms with E-state index in [1.165, 1.54) is 28.7 Å². The van der Waals surface area contributed by atoms with E-state index in [0.29, 0.717) is 11.8 Å². The second-order valence-electron chi connectivity index (χ2n) is 5.28. The van der Waals surface area contributed by atoms with Crippen molar-refractivity contribution in [1.82, 2.24) is 0 Å². The van der Waals surface area contributed by atoms with Gasteiger partial charge in [0.1, 0.15) is 0 Å². The Hall–Kier alpha value is -2.26. The molecule has 0 nitrogen and oxygen atoms in total. The molecule has 0 spiro atoms. The van der Waals surface area contributed by atoms with Gasteiger partial charge in [0.25, 0.3) is 0 Å². The van der Waals surface area contributed by atoms with Crippen molar-refractivity contribution in [3.8, 4) is 23.0 Å². The van der Waals surface area contributed by atoms with Crippen molar-refractivity contribution < 1.29 is 0 Å². The largest absolute Gasteiger partial charge is 0.0944 e. The van der Waals surface area contributed by atoms with E-state index in [4.69, 9.17) is 0 Å². The number of benzene rings is 2. The standard InChI is InChI=1S/C19H14/c1-2-5-14(6-3-1)15-9-11-16(12-10-15)18-8-4-7-17-13-19(17)18/h1-3,5-6,8-12,17,19H,13H2. The molecule has 1 fully saturated rings. The van der Waals surface area contributed by atoms with Gasteiger partial charge in [0.15, 0.2) is 0 Å². The van der Waals surface area contributed by atoms with Crippen molar-refractivity contribution in [2.75, 3.05) is 0 Å². The topological polar surface area (TPSA) is 0 Å². The molecule has 19 heavy (non-hydrogen) atoms. The van der Waals surface area contributed by atoms with Crippen LogP contribution in [0.1, 0.15) is 12.0 Å². The minimum Gasteiger partial charge on any atom is -0.0944 e. The van der Waals surface area contributed by atoms with Gasteiger partial charge in [-0.3, -0.25) is 0 Å². The van der Waals surface area contributed by atoms with Gasteiger partial charge in [0.05, 0.1) is 0 Å². The van der Waals surface area contributed by atoms with Crippen molar-refractivity contribution in [3.05, 3.63) is 66.2 Å². The second kappa shape index (κ2) is 4.14. The molecule has 0 saturated heterocycles. The number of allylic oxidation sites excluding steroid dienone is 2. The van der Waals surface area contributed by atoms with E-state index in [2.05, 4.69) is 72.5 Å². The predicted octanol–water partition coefficient (Wildman–Crippen LogP) is 4.39. The van der Waals surface area contributed by atoms with Crippen LogP contribution in [0.3, 0.4) is 0 Å². The van der Waals surface area contributed by atoms with Gasteiger partial charge in [-0.15, -0.1) is 0 Å². The number of hydrogen-bond donors (Lipinski definition) is 0. The molecule has 0 radical (unpaired) electrons. The monoisotopic (exact) mass is 242 g/mol. The maximum Gasteiger partial charge on any atom is 0.0282 e. The lowest BCUT2D eigenvalue weighted by molar-refractivity contribution is 1.04. The lowest BCUT2D eigenvalue weighted by Crippen LogP contribution is -1.92. The molecule has 2 atom stereocenters. The lowest BCUT2D eigenvalue weighted by Gasteiger charge is -2.09. The summed E-state index contributed by atoms with van der Waals surface area (Å²) in [6.45, 7) is 0. The van der Waals surface area contributed by atoms with Crippen molar-refractivity contribution in [2.24, 2.45) is 11.8 Å². The smallest absolute Gasteiger partial charge is 0.0282 e. The minimum atomic E-state index is 0.633. The van der Waals surface area contributed by atoms with Crippen molar-refractivity contribution in [3.63, 3.8) is 0 Å². The Morgan fingerprint density at radius 1 is 0.789 bits per heavy atom. The molecule has 0 aliphatic heterocycles. The van der Waals surface area contributed by atoms with Crippen LogP contribution in [0.2, 0.25) is 0 Å². The molecule has 0 amide bonds. The first kappa shape index (κ1) is 10.6. The van der Waals surface area contributed by atoms with E-state index in [-0.39, 0.29) is 0 Å². The summed E-state index contributed by atoms with van der Waals surface area (Å²) in [4.78, 5) is 0. The molecule has 2 aliphatic rings. The summed E-state index contributed by atoms with van der Waals surface area (Å²) in [6.07, 6.45) is 3.35. The zero-order chi connectivity index (χ0) is 12.7. The minimum absolute atomic E-state index is 0.633. The van der Waals surface area contributed by atoms with Gasteiger partial charge in [-0.2, -0.15) is 0 Å². The third-order valence-corrected chi connectivity index (χ3v) is 4.01. The maximum absolute atomic E-state index is 3.27. The highest BCUT2D eigenvalue weighted by Crippen LogP contribution is 2.49. The van der Waals surface area contributed by atoms with Crippen LogP contribution in [0.25, 0.3) is 16.7 Å². The van der Waals surface area contributed by atoms with Crippen molar-refractivity contribution >= 4 is 5.57 Å². The molecule has 0 heterocycles. The number of hydrogen-bond acceptors (Lipinski definition) is 0. The third-order valence-electron chi connectivity index (χ3n) is 4.01. The van der Waals surface area contributed by atoms with Gasteiger partial charge in [-0.05, 0) is 34.8 Å². The second-order valence-corrected chi connectivity index (χ2v) is 5.28. The van der Waals surface area contributed by atoms with Crippen LogP contribution >= 0.6 is 0 Å². The van der Waals surface area contributed by atoms with E-state index >= 15 is 0 Å². The van der Waals surface area contributed by atoms with Crippen LogP contribution in [0, 0.1) is 23.7 Å². The van der Waals surface area contributed by atoms with Gasteiger partial charge in [-0.25, -0.2) is 0 Å². The van der Waals surface area contributed by atoms with Crippen LogP contribution in [-0.2, 0) is 0 Å². The molecule has 2 aromatic rings. The lowest BCUT2D eigenvalue weighted by atomic mass is 9.95. The van der Waals surface area contributed by atoms with Crippen LogP contribution in [0.15, 0.2) is 60.7 Å². The molecule has 90 valence electrons. The fraction of sp³-hybridized carbons (Fsp3) is 0.158. The first-order valence-corrected chi connectivity index (χ1v) is 6.79. The summed E-state index contributed by atoms with van der Waals surface area (Å²) in [6, 6.07) is 19.4. The molecule has 2 unspecified atom stereocenters. The maximum atomic E-state index is 3.27.